The average Bonchev–Trinajstić information content (AvgIpc) is 3.74. The minimum absolute atomic E-state index is 0.169. The van der Waals surface area contributed by atoms with Gasteiger partial charge in [-0.3, -0.25) is 9.59 Å². The van der Waals surface area contributed by atoms with Gasteiger partial charge in [0.2, 0.25) is 5.91 Å². The number of aliphatic hydroxyl groups is 1. The molecule has 1 aliphatic carbocycles. The first kappa shape index (κ1) is 25.2. The van der Waals surface area contributed by atoms with Crippen molar-refractivity contribution < 1.29 is 14.7 Å². The Labute approximate surface area is 219 Å². The van der Waals surface area contributed by atoms with Crippen LogP contribution in [0.3, 0.4) is 0 Å². The maximum absolute atomic E-state index is 14.5. The van der Waals surface area contributed by atoms with Gasteiger partial charge in [0.25, 0.3) is 0 Å². The summed E-state index contributed by atoms with van der Waals surface area (Å²) in [6, 6.07) is 23.1. The number of nitrogens with two attached hydrogens (primary N) is 1. The standard InChI is InChI=1S/C32H36N2O3/c1-2-3-16-28(35)25(19-21-17-18-21)31(36)30-24-13-8-7-12-23(24)29-26(33)14-9-15-27(29)34(32(30)37)20-22-10-5-4-6-11-22/h4-15,21,25,28,30,35H,2-3,16-20,33H2,1H3/t25-,28+,30?/m1/s1. The number of nitrogens with zero attached hydrogens (tertiary/aromatic N) is 1. The number of amides is 1. The minimum atomic E-state index is -0.994. The molecule has 1 saturated carbocycles. The molecule has 1 fully saturated rings. The molecule has 5 rings (SSSR count). The third-order valence-electron chi connectivity index (χ3n) is 7.86. The van der Waals surface area contributed by atoms with Crippen molar-refractivity contribution in [2.24, 2.45) is 11.8 Å². The molecule has 0 aromatic heterocycles. The topological polar surface area (TPSA) is 83.6 Å². The summed E-state index contributed by atoms with van der Waals surface area (Å²) in [5.41, 5.74) is 11.0. The van der Waals surface area contributed by atoms with E-state index in [1.165, 1.54) is 0 Å². The lowest BCUT2D eigenvalue weighted by Gasteiger charge is -2.29. The molecule has 192 valence electrons. The highest BCUT2D eigenvalue weighted by Crippen LogP contribution is 2.46. The molecular weight excluding hydrogens is 460 g/mol. The molecule has 1 heterocycles. The number of carbonyl (C=O) groups excluding carboxylic acids is 2. The first-order valence-corrected chi connectivity index (χ1v) is 13.5. The minimum Gasteiger partial charge on any atom is -0.398 e. The zero-order valence-electron chi connectivity index (χ0n) is 21.5. The normalized spacial score (nSPS) is 18.5. The molecule has 3 aromatic carbocycles. The molecule has 3 atom stereocenters. The molecule has 37 heavy (non-hydrogen) atoms. The van der Waals surface area contributed by atoms with Crippen molar-refractivity contribution >= 4 is 23.1 Å². The summed E-state index contributed by atoms with van der Waals surface area (Å²) < 4.78 is 0. The molecule has 0 bridgehead atoms. The second-order valence-corrected chi connectivity index (χ2v) is 10.6. The number of rotatable bonds is 10. The van der Waals surface area contributed by atoms with E-state index in [0.29, 0.717) is 42.2 Å². The Morgan fingerprint density at radius 3 is 2.49 bits per heavy atom. The number of fused-ring (bicyclic) bond motifs is 3. The maximum Gasteiger partial charge on any atom is 0.242 e. The van der Waals surface area contributed by atoms with E-state index in [2.05, 4.69) is 6.92 Å². The van der Waals surface area contributed by atoms with Crippen LogP contribution in [-0.4, -0.2) is 22.9 Å². The Morgan fingerprint density at radius 1 is 1.03 bits per heavy atom. The van der Waals surface area contributed by atoms with E-state index in [0.717, 1.165) is 42.4 Å². The molecule has 3 aromatic rings. The van der Waals surface area contributed by atoms with Gasteiger partial charge in [0.15, 0.2) is 5.78 Å². The molecule has 1 amide bonds. The molecule has 1 aliphatic heterocycles. The summed E-state index contributed by atoms with van der Waals surface area (Å²) in [7, 11) is 0. The van der Waals surface area contributed by atoms with E-state index < -0.39 is 17.9 Å². The van der Waals surface area contributed by atoms with Crippen LogP contribution >= 0.6 is 0 Å². The van der Waals surface area contributed by atoms with E-state index in [9.17, 15) is 14.7 Å². The fourth-order valence-electron chi connectivity index (χ4n) is 5.67. The Kier molecular flexibility index (Phi) is 7.43. The zero-order valence-corrected chi connectivity index (χ0v) is 21.5. The molecule has 0 spiro atoms. The largest absolute Gasteiger partial charge is 0.398 e. The van der Waals surface area contributed by atoms with Crippen molar-refractivity contribution in [3.63, 3.8) is 0 Å². The number of carbonyl (C=O) groups is 2. The van der Waals surface area contributed by atoms with Gasteiger partial charge < -0.3 is 15.7 Å². The number of ketones is 1. The van der Waals surface area contributed by atoms with E-state index >= 15 is 0 Å². The summed E-state index contributed by atoms with van der Waals surface area (Å²) >= 11 is 0. The maximum atomic E-state index is 14.5. The summed E-state index contributed by atoms with van der Waals surface area (Å²) in [6.45, 7) is 2.41. The fourth-order valence-corrected chi connectivity index (χ4v) is 5.67. The summed E-state index contributed by atoms with van der Waals surface area (Å²) in [5, 5.41) is 11.2. The Morgan fingerprint density at radius 2 is 1.76 bits per heavy atom. The van der Waals surface area contributed by atoms with Crippen molar-refractivity contribution in [2.75, 3.05) is 10.6 Å². The highest BCUT2D eigenvalue weighted by atomic mass is 16.3. The number of benzene rings is 3. The fraction of sp³-hybridized carbons (Fsp3) is 0.375. The van der Waals surface area contributed by atoms with E-state index in [1.54, 1.807) is 4.90 Å². The van der Waals surface area contributed by atoms with Crippen molar-refractivity contribution in [1.82, 2.24) is 0 Å². The lowest BCUT2D eigenvalue weighted by atomic mass is 9.78. The summed E-state index contributed by atoms with van der Waals surface area (Å²) in [6.07, 6.45) is 4.44. The van der Waals surface area contributed by atoms with Gasteiger partial charge in [0.1, 0.15) is 5.92 Å². The number of aliphatic hydroxyl groups excluding tert-OH is 1. The predicted molar refractivity (Wildman–Crippen MR) is 148 cm³/mol. The summed E-state index contributed by atoms with van der Waals surface area (Å²) in [4.78, 5) is 30.6. The third kappa shape index (κ3) is 5.19. The zero-order chi connectivity index (χ0) is 25.9. The highest BCUT2D eigenvalue weighted by molar-refractivity contribution is 6.18. The quantitative estimate of drug-likeness (QED) is 0.262. The lowest BCUT2D eigenvalue weighted by molar-refractivity contribution is -0.134. The third-order valence-corrected chi connectivity index (χ3v) is 7.86. The first-order chi connectivity index (χ1) is 18.0. The van der Waals surface area contributed by atoms with Gasteiger partial charge in [-0.2, -0.15) is 0 Å². The van der Waals surface area contributed by atoms with Gasteiger partial charge in [-0.15, -0.1) is 0 Å². The van der Waals surface area contributed by atoms with Crippen LogP contribution in [0.25, 0.3) is 11.1 Å². The van der Waals surface area contributed by atoms with Crippen molar-refractivity contribution in [3.05, 3.63) is 83.9 Å². The Balaban J connectivity index is 1.63. The number of nitrogen functional groups attached to an aromatic ring is 1. The number of Topliss-reactive ketones (excluding diaryl/α,β-unsaturated/α-hetero) is 1. The van der Waals surface area contributed by atoms with Crippen LogP contribution in [0.5, 0.6) is 0 Å². The van der Waals surface area contributed by atoms with Crippen LogP contribution in [0.1, 0.15) is 62.5 Å². The molecule has 0 radical (unpaired) electrons. The van der Waals surface area contributed by atoms with E-state index in [4.69, 9.17) is 5.73 Å². The van der Waals surface area contributed by atoms with Crippen LogP contribution < -0.4 is 10.6 Å². The van der Waals surface area contributed by atoms with Gasteiger partial charge in [-0.05, 0) is 47.6 Å². The molecule has 0 saturated heterocycles. The highest BCUT2D eigenvalue weighted by Gasteiger charge is 2.44. The van der Waals surface area contributed by atoms with Crippen molar-refractivity contribution in [2.45, 2.75) is 64.0 Å². The van der Waals surface area contributed by atoms with Crippen LogP contribution in [-0.2, 0) is 16.1 Å². The van der Waals surface area contributed by atoms with Crippen LogP contribution in [0.2, 0.25) is 0 Å². The first-order valence-electron chi connectivity index (χ1n) is 13.5. The molecular formula is C32H36N2O3. The second kappa shape index (κ2) is 10.9. The predicted octanol–water partition coefficient (Wildman–Crippen LogP) is 6.10. The molecule has 1 unspecified atom stereocenters. The number of hydrogen-bond acceptors (Lipinski definition) is 4. The summed E-state index contributed by atoms with van der Waals surface area (Å²) in [5.74, 6) is -1.52. The Bertz CT molecular complexity index is 1270. The number of hydrogen-bond donors (Lipinski definition) is 2. The van der Waals surface area contributed by atoms with Gasteiger partial charge in [-0.1, -0.05) is 93.3 Å². The van der Waals surface area contributed by atoms with Gasteiger partial charge in [0, 0.05) is 17.2 Å². The van der Waals surface area contributed by atoms with Crippen LogP contribution in [0.4, 0.5) is 11.4 Å². The smallest absolute Gasteiger partial charge is 0.242 e. The average molecular weight is 497 g/mol. The van der Waals surface area contributed by atoms with Gasteiger partial charge >= 0.3 is 0 Å². The molecule has 2 aliphatic rings. The van der Waals surface area contributed by atoms with Crippen LogP contribution in [0, 0.1) is 11.8 Å². The van der Waals surface area contributed by atoms with Crippen LogP contribution in [0.15, 0.2) is 72.8 Å². The lowest BCUT2D eigenvalue weighted by Crippen LogP contribution is -2.41. The molecule has 5 nitrogen and oxygen atoms in total. The molecule has 5 heteroatoms. The Hall–Kier alpha value is -3.44. The van der Waals surface area contributed by atoms with Gasteiger partial charge in [-0.25, -0.2) is 0 Å². The van der Waals surface area contributed by atoms with Crippen molar-refractivity contribution in [1.29, 1.82) is 0 Å². The van der Waals surface area contributed by atoms with Gasteiger partial charge in [0.05, 0.1) is 18.3 Å². The SMILES string of the molecule is CCCC[C@H](O)[C@@H](CC1CC1)C(=O)C1C(=O)N(Cc2ccccc2)c2cccc(N)c2-c2ccccc21. The van der Waals surface area contributed by atoms with Crippen molar-refractivity contribution in [3.8, 4) is 11.1 Å². The van der Waals surface area contributed by atoms with E-state index in [1.807, 2.05) is 72.8 Å². The molecule has 3 N–H and O–H groups in total. The monoisotopic (exact) mass is 496 g/mol. The second-order valence-electron chi connectivity index (χ2n) is 10.6. The number of unbranched alkanes of at least 4 members (excludes halogenated alkanes) is 1. The number of anilines is 2. The van der Waals surface area contributed by atoms with E-state index in [-0.39, 0.29) is 11.7 Å².